The zero-order valence-electron chi connectivity index (χ0n) is 21.8. The summed E-state index contributed by atoms with van der Waals surface area (Å²) in [7, 11) is -3.78. The molecule has 2 saturated heterocycles. The number of nitrogens with one attached hydrogen (secondary N) is 2. The third-order valence-corrected chi connectivity index (χ3v) is 7.97. The summed E-state index contributed by atoms with van der Waals surface area (Å²) in [6.45, 7) is 8.82. The molecule has 0 bridgehead atoms. The number of piperazine rings is 1. The van der Waals surface area contributed by atoms with E-state index in [1.807, 2.05) is 24.0 Å². The molecule has 0 unspecified atom stereocenters. The maximum absolute atomic E-state index is 13.1. The number of rotatable bonds is 5. The second-order valence-electron chi connectivity index (χ2n) is 9.67. The van der Waals surface area contributed by atoms with E-state index in [2.05, 4.69) is 21.9 Å². The van der Waals surface area contributed by atoms with Crippen LogP contribution in [0.5, 0.6) is 0 Å². The lowest BCUT2D eigenvalue weighted by molar-refractivity contribution is -0.192. The highest BCUT2D eigenvalue weighted by Gasteiger charge is 2.38. The van der Waals surface area contributed by atoms with Gasteiger partial charge in [0, 0.05) is 44.8 Å². The van der Waals surface area contributed by atoms with Gasteiger partial charge in [-0.15, -0.1) is 0 Å². The van der Waals surface area contributed by atoms with E-state index in [1.54, 1.807) is 30.3 Å². The van der Waals surface area contributed by atoms with Crippen LogP contribution in [0.1, 0.15) is 35.7 Å². The maximum Gasteiger partial charge on any atom is 0.490 e. The molecule has 2 aliphatic rings. The van der Waals surface area contributed by atoms with Gasteiger partial charge in [-0.1, -0.05) is 24.6 Å². The fraction of sp³-hybridized carbons (Fsp3) is 0.462. The summed E-state index contributed by atoms with van der Waals surface area (Å²) in [6, 6.07) is 12.2. The molecule has 4 rings (SSSR count). The van der Waals surface area contributed by atoms with Gasteiger partial charge in [-0.05, 0) is 56.0 Å². The first-order valence-electron chi connectivity index (χ1n) is 12.6. The van der Waals surface area contributed by atoms with Crippen LogP contribution in [0.2, 0.25) is 0 Å². The fourth-order valence-electron chi connectivity index (χ4n) is 4.25. The number of benzene rings is 2. The maximum atomic E-state index is 13.1. The van der Waals surface area contributed by atoms with Gasteiger partial charge in [0.1, 0.15) is 0 Å². The first-order chi connectivity index (χ1) is 18.3. The van der Waals surface area contributed by atoms with Gasteiger partial charge < -0.3 is 20.2 Å². The topological polar surface area (TPSA) is 119 Å². The highest BCUT2D eigenvalue weighted by molar-refractivity contribution is 7.92. The van der Waals surface area contributed by atoms with Gasteiger partial charge >= 0.3 is 12.1 Å². The Balaban J connectivity index is 0.000000532. The zero-order chi connectivity index (χ0) is 28.8. The number of anilines is 2. The molecular formula is C26H33F3N4O5S. The molecule has 2 fully saturated rings. The van der Waals surface area contributed by atoms with Crippen molar-refractivity contribution in [2.24, 2.45) is 5.92 Å². The number of alkyl halides is 3. The number of likely N-dealkylation sites (tertiary alicyclic amines) is 1. The minimum Gasteiger partial charge on any atom is -0.475 e. The van der Waals surface area contributed by atoms with Gasteiger partial charge in [0.05, 0.1) is 16.3 Å². The first-order valence-corrected chi connectivity index (χ1v) is 14.0. The monoisotopic (exact) mass is 570 g/mol. The van der Waals surface area contributed by atoms with Gasteiger partial charge in [0.25, 0.3) is 15.9 Å². The third-order valence-electron chi connectivity index (χ3n) is 6.59. The van der Waals surface area contributed by atoms with E-state index in [1.165, 1.54) is 0 Å². The quantitative estimate of drug-likeness (QED) is 0.502. The van der Waals surface area contributed by atoms with Crippen molar-refractivity contribution in [2.75, 3.05) is 48.9 Å². The van der Waals surface area contributed by atoms with Crippen LogP contribution in [0.3, 0.4) is 0 Å². The number of carboxylic acids is 1. The Labute approximate surface area is 226 Å². The van der Waals surface area contributed by atoms with E-state index in [-0.39, 0.29) is 10.8 Å². The normalized spacial score (nSPS) is 16.7. The van der Waals surface area contributed by atoms with E-state index >= 15 is 0 Å². The smallest absolute Gasteiger partial charge is 0.475 e. The molecule has 0 aromatic heterocycles. The van der Waals surface area contributed by atoms with Crippen molar-refractivity contribution in [3.05, 3.63) is 53.6 Å². The number of halogens is 3. The van der Waals surface area contributed by atoms with Crippen molar-refractivity contribution in [2.45, 2.75) is 37.8 Å². The van der Waals surface area contributed by atoms with Gasteiger partial charge in [-0.2, -0.15) is 13.2 Å². The van der Waals surface area contributed by atoms with Crippen LogP contribution in [-0.2, 0) is 14.8 Å². The van der Waals surface area contributed by atoms with E-state index in [0.29, 0.717) is 17.2 Å². The highest BCUT2D eigenvalue weighted by atomic mass is 32.2. The molecule has 2 aliphatic heterocycles. The molecule has 13 heteroatoms. The van der Waals surface area contributed by atoms with Crippen LogP contribution in [0.25, 0.3) is 0 Å². The first kappa shape index (κ1) is 30.2. The van der Waals surface area contributed by atoms with E-state index in [0.717, 1.165) is 63.4 Å². The Bertz CT molecular complexity index is 1260. The predicted octanol–water partition coefficient (Wildman–Crippen LogP) is 3.71. The van der Waals surface area contributed by atoms with Crippen molar-refractivity contribution < 1.29 is 36.3 Å². The van der Waals surface area contributed by atoms with Crippen LogP contribution < -0.4 is 14.9 Å². The van der Waals surface area contributed by atoms with Crippen LogP contribution in [0, 0.1) is 12.8 Å². The molecule has 2 aromatic rings. The van der Waals surface area contributed by atoms with Gasteiger partial charge in [-0.3, -0.25) is 9.52 Å². The number of amides is 1. The zero-order valence-corrected chi connectivity index (χ0v) is 22.6. The average Bonchev–Trinajstić information content (AvgIpc) is 2.89. The van der Waals surface area contributed by atoms with Crippen molar-refractivity contribution in [1.82, 2.24) is 10.2 Å². The SMILES string of the molecule is Cc1ccc(S(=O)(=O)Nc2cc(C(=O)N3CCC(C)CC3)ccc2N2CCNCC2)cc1.O=C(O)C(F)(F)F. The van der Waals surface area contributed by atoms with Crippen LogP contribution in [0.4, 0.5) is 24.5 Å². The van der Waals surface area contributed by atoms with Gasteiger partial charge in [0.15, 0.2) is 0 Å². The van der Waals surface area contributed by atoms with Crippen LogP contribution >= 0.6 is 0 Å². The number of carbonyl (C=O) groups excluding carboxylic acids is 1. The van der Waals surface area contributed by atoms with Crippen molar-refractivity contribution in [3.63, 3.8) is 0 Å². The lowest BCUT2D eigenvalue weighted by Gasteiger charge is -2.32. The van der Waals surface area contributed by atoms with Crippen LogP contribution in [-0.4, -0.2) is 75.7 Å². The number of carbonyl (C=O) groups is 2. The Morgan fingerprint density at radius 1 is 1.00 bits per heavy atom. The molecule has 2 heterocycles. The molecule has 9 nitrogen and oxygen atoms in total. The summed E-state index contributed by atoms with van der Waals surface area (Å²) >= 11 is 0. The molecule has 39 heavy (non-hydrogen) atoms. The van der Waals surface area contributed by atoms with Crippen LogP contribution in [0.15, 0.2) is 47.4 Å². The Morgan fingerprint density at radius 2 is 1.56 bits per heavy atom. The Morgan fingerprint density at radius 3 is 2.10 bits per heavy atom. The largest absolute Gasteiger partial charge is 0.490 e. The minimum absolute atomic E-state index is 0.0421. The summed E-state index contributed by atoms with van der Waals surface area (Å²) in [6.07, 6.45) is -3.09. The second-order valence-corrected chi connectivity index (χ2v) is 11.3. The summed E-state index contributed by atoms with van der Waals surface area (Å²) in [5.41, 5.74) is 2.75. The summed E-state index contributed by atoms with van der Waals surface area (Å²) in [5, 5.41) is 10.4. The van der Waals surface area contributed by atoms with Crippen molar-refractivity contribution >= 4 is 33.3 Å². The highest BCUT2D eigenvalue weighted by Crippen LogP contribution is 2.31. The van der Waals surface area contributed by atoms with Gasteiger partial charge in [-0.25, -0.2) is 13.2 Å². The molecule has 214 valence electrons. The number of carboxylic acid groups (broad SMARTS) is 1. The molecular weight excluding hydrogens is 537 g/mol. The number of nitrogens with zero attached hydrogens (tertiary/aromatic N) is 2. The lowest BCUT2D eigenvalue weighted by atomic mass is 9.98. The third kappa shape index (κ3) is 8.33. The molecule has 0 spiro atoms. The number of piperidine rings is 1. The van der Waals surface area contributed by atoms with Crippen molar-refractivity contribution in [1.29, 1.82) is 0 Å². The molecule has 0 atom stereocenters. The number of aliphatic carboxylic acids is 1. The van der Waals surface area contributed by atoms with Crippen molar-refractivity contribution in [3.8, 4) is 0 Å². The van der Waals surface area contributed by atoms with E-state index in [4.69, 9.17) is 9.90 Å². The summed E-state index contributed by atoms with van der Waals surface area (Å²) in [4.78, 5) is 26.3. The molecule has 0 aliphatic carbocycles. The standard InChI is InChI=1S/C24H32N4O3S.C2HF3O2/c1-18-3-6-21(7-4-18)32(30,31)26-22-17-20(24(29)28-13-9-19(2)10-14-28)5-8-23(22)27-15-11-25-12-16-27;3-2(4,5)1(6)7/h3-8,17,19,25-26H,9-16H2,1-2H3;(H,6,7). The minimum atomic E-state index is -5.08. The number of hydrogen-bond acceptors (Lipinski definition) is 6. The van der Waals surface area contributed by atoms with Gasteiger partial charge in [0.2, 0.25) is 0 Å². The number of aryl methyl sites for hydroxylation is 1. The molecule has 1 amide bonds. The lowest BCUT2D eigenvalue weighted by Crippen LogP contribution is -2.44. The Kier molecular flexibility index (Phi) is 9.83. The number of hydrogen-bond donors (Lipinski definition) is 3. The van der Waals surface area contributed by atoms with E-state index < -0.39 is 22.2 Å². The van der Waals surface area contributed by atoms with E-state index in [9.17, 15) is 26.4 Å². The molecule has 3 N–H and O–H groups in total. The summed E-state index contributed by atoms with van der Waals surface area (Å²) in [5.74, 6) is -2.17. The summed E-state index contributed by atoms with van der Waals surface area (Å²) < 4.78 is 60.8. The second kappa shape index (κ2) is 12.7. The number of sulfonamides is 1. The average molecular weight is 571 g/mol. The predicted molar refractivity (Wildman–Crippen MR) is 142 cm³/mol. The molecule has 0 radical (unpaired) electrons. The fourth-order valence-corrected chi connectivity index (χ4v) is 5.31. The molecule has 0 saturated carbocycles. The Hall–Kier alpha value is -3.32. The molecule has 2 aromatic carbocycles.